The molecule has 1 heterocycles. The molecular weight excluding hydrogens is 198 g/mol. The molecule has 1 N–H and O–H groups in total. The Hall–Kier alpha value is -1.85. The number of pyridine rings is 1. The zero-order valence-electron chi connectivity index (χ0n) is 8.93. The number of aromatic nitrogens is 1. The van der Waals surface area contributed by atoms with Gasteiger partial charge in [0.25, 0.3) is 0 Å². The molecule has 1 unspecified atom stereocenters. The smallest absolute Gasteiger partial charge is 0.0820 e. The first-order valence-electron chi connectivity index (χ1n) is 5.28. The molecule has 1 aromatic heterocycles. The fraction of sp³-hybridized carbons (Fsp3) is 0.214. The van der Waals surface area contributed by atoms with E-state index >= 15 is 0 Å². The van der Waals surface area contributed by atoms with Crippen molar-refractivity contribution in [2.24, 2.45) is 0 Å². The van der Waals surface area contributed by atoms with Crippen molar-refractivity contribution in [3.63, 3.8) is 0 Å². The second kappa shape index (κ2) is 4.78. The predicted octanol–water partition coefficient (Wildman–Crippen LogP) is 2.68. The minimum absolute atomic E-state index is 0.533. The van der Waals surface area contributed by atoms with Crippen molar-refractivity contribution in [3.8, 4) is 12.3 Å². The number of terminal acetylenes is 1. The molecule has 0 saturated carbocycles. The molecule has 0 aliphatic heterocycles. The number of aliphatic hydroxyl groups excluding tert-OH is 1. The molecule has 0 radical (unpaired) electrons. The summed E-state index contributed by atoms with van der Waals surface area (Å²) in [5.41, 5.74) is 1.71. The van der Waals surface area contributed by atoms with Crippen LogP contribution in [0, 0.1) is 12.3 Å². The lowest BCUT2D eigenvalue weighted by atomic mass is 10.0. The van der Waals surface area contributed by atoms with Crippen LogP contribution in [0.2, 0.25) is 0 Å². The van der Waals surface area contributed by atoms with E-state index in [0.717, 1.165) is 16.5 Å². The highest BCUT2D eigenvalue weighted by Gasteiger charge is 2.10. The van der Waals surface area contributed by atoms with Crippen LogP contribution < -0.4 is 0 Å². The fourth-order valence-electron chi connectivity index (χ4n) is 1.77. The average molecular weight is 211 g/mol. The maximum atomic E-state index is 10.0. The molecule has 2 heteroatoms. The second-order valence-electron chi connectivity index (χ2n) is 3.68. The van der Waals surface area contributed by atoms with Crippen LogP contribution in [0.5, 0.6) is 0 Å². The molecular formula is C14H13NO. The molecule has 1 atom stereocenters. The van der Waals surface area contributed by atoms with Crippen molar-refractivity contribution in [2.75, 3.05) is 0 Å². The molecule has 0 bridgehead atoms. The van der Waals surface area contributed by atoms with Gasteiger partial charge < -0.3 is 5.11 Å². The van der Waals surface area contributed by atoms with Crippen molar-refractivity contribution >= 4 is 10.9 Å². The molecule has 2 aromatic rings. The third-order valence-electron chi connectivity index (χ3n) is 2.59. The van der Waals surface area contributed by atoms with Gasteiger partial charge in [0, 0.05) is 23.6 Å². The summed E-state index contributed by atoms with van der Waals surface area (Å²) in [6.45, 7) is 0. The topological polar surface area (TPSA) is 33.1 Å². The van der Waals surface area contributed by atoms with Gasteiger partial charge in [0.15, 0.2) is 0 Å². The van der Waals surface area contributed by atoms with Gasteiger partial charge in [-0.1, -0.05) is 24.3 Å². The highest BCUT2D eigenvalue weighted by molar-refractivity contribution is 5.81. The molecule has 1 aromatic carbocycles. The minimum Gasteiger partial charge on any atom is -0.388 e. The molecule has 0 aliphatic rings. The first-order valence-corrected chi connectivity index (χ1v) is 5.28. The van der Waals surface area contributed by atoms with Gasteiger partial charge in [0.1, 0.15) is 0 Å². The van der Waals surface area contributed by atoms with Gasteiger partial charge in [-0.2, -0.15) is 0 Å². The molecule has 80 valence electrons. The Morgan fingerprint density at radius 3 is 2.94 bits per heavy atom. The highest BCUT2D eigenvalue weighted by Crippen LogP contribution is 2.24. The summed E-state index contributed by atoms with van der Waals surface area (Å²) in [6, 6.07) is 9.69. The summed E-state index contributed by atoms with van der Waals surface area (Å²) >= 11 is 0. The standard InChI is InChI=1S/C14H13NO/c1-2-3-9-13(16)12-8-4-6-11-7-5-10-15-14(11)12/h1,4-8,10,13,16H,3,9H2. The number of aliphatic hydroxyl groups is 1. The van der Waals surface area contributed by atoms with Crippen LogP contribution in [-0.4, -0.2) is 10.1 Å². The maximum Gasteiger partial charge on any atom is 0.0820 e. The SMILES string of the molecule is C#CCCC(O)c1cccc2cccnc12. The van der Waals surface area contributed by atoms with Crippen LogP contribution >= 0.6 is 0 Å². The monoisotopic (exact) mass is 211 g/mol. The number of fused-ring (bicyclic) bond motifs is 1. The average Bonchev–Trinajstić information content (AvgIpc) is 2.35. The molecule has 0 aliphatic carbocycles. The van der Waals surface area contributed by atoms with E-state index in [1.165, 1.54) is 0 Å². The summed E-state index contributed by atoms with van der Waals surface area (Å²) in [5.74, 6) is 2.54. The van der Waals surface area contributed by atoms with Crippen molar-refractivity contribution in [1.29, 1.82) is 0 Å². The van der Waals surface area contributed by atoms with Gasteiger partial charge in [-0.15, -0.1) is 12.3 Å². The fourth-order valence-corrected chi connectivity index (χ4v) is 1.77. The van der Waals surface area contributed by atoms with Gasteiger partial charge in [-0.05, 0) is 12.5 Å². The van der Waals surface area contributed by atoms with Crippen molar-refractivity contribution < 1.29 is 5.11 Å². The molecule has 0 spiro atoms. The van der Waals surface area contributed by atoms with Gasteiger partial charge in [-0.3, -0.25) is 4.98 Å². The summed E-state index contributed by atoms with van der Waals surface area (Å²) in [6.07, 6.45) is 7.54. The zero-order chi connectivity index (χ0) is 11.4. The van der Waals surface area contributed by atoms with Crippen molar-refractivity contribution in [3.05, 3.63) is 42.1 Å². The number of hydrogen-bond acceptors (Lipinski definition) is 2. The van der Waals surface area contributed by atoms with E-state index in [4.69, 9.17) is 6.42 Å². The number of benzene rings is 1. The van der Waals surface area contributed by atoms with E-state index < -0.39 is 6.10 Å². The second-order valence-corrected chi connectivity index (χ2v) is 3.68. The lowest BCUT2D eigenvalue weighted by molar-refractivity contribution is 0.171. The molecule has 2 rings (SSSR count). The van der Waals surface area contributed by atoms with Crippen LogP contribution in [0.25, 0.3) is 10.9 Å². The van der Waals surface area contributed by atoms with Crippen molar-refractivity contribution in [2.45, 2.75) is 18.9 Å². The van der Waals surface area contributed by atoms with E-state index in [9.17, 15) is 5.11 Å². The lowest BCUT2D eigenvalue weighted by Crippen LogP contribution is -1.98. The van der Waals surface area contributed by atoms with Gasteiger partial charge >= 0.3 is 0 Å². The summed E-state index contributed by atoms with van der Waals surface area (Å²) in [4.78, 5) is 4.30. The summed E-state index contributed by atoms with van der Waals surface area (Å²) in [7, 11) is 0. The number of nitrogens with zero attached hydrogens (tertiary/aromatic N) is 1. The largest absolute Gasteiger partial charge is 0.388 e. The Bertz CT molecular complexity index is 522. The van der Waals surface area contributed by atoms with E-state index in [-0.39, 0.29) is 0 Å². The van der Waals surface area contributed by atoms with Crippen LogP contribution in [0.3, 0.4) is 0 Å². The van der Waals surface area contributed by atoms with Crippen LogP contribution in [0.1, 0.15) is 24.5 Å². The number of rotatable bonds is 3. The molecule has 0 saturated heterocycles. The highest BCUT2D eigenvalue weighted by atomic mass is 16.3. The molecule has 16 heavy (non-hydrogen) atoms. The first-order chi connectivity index (χ1) is 7.83. The van der Waals surface area contributed by atoms with E-state index in [0.29, 0.717) is 12.8 Å². The Labute approximate surface area is 95.0 Å². The van der Waals surface area contributed by atoms with Gasteiger partial charge in [0.2, 0.25) is 0 Å². The lowest BCUT2D eigenvalue weighted by Gasteiger charge is -2.11. The molecule has 2 nitrogen and oxygen atoms in total. The Morgan fingerprint density at radius 1 is 1.31 bits per heavy atom. The van der Waals surface area contributed by atoms with Crippen LogP contribution in [-0.2, 0) is 0 Å². The molecule has 0 fully saturated rings. The van der Waals surface area contributed by atoms with E-state index in [1.54, 1.807) is 6.20 Å². The van der Waals surface area contributed by atoms with Crippen LogP contribution in [0.4, 0.5) is 0 Å². The number of hydrogen-bond donors (Lipinski definition) is 1. The van der Waals surface area contributed by atoms with Crippen LogP contribution in [0.15, 0.2) is 36.5 Å². The normalized spacial score (nSPS) is 12.2. The van der Waals surface area contributed by atoms with Gasteiger partial charge in [0.05, 0.1) is 11.6 Å². The number of para-hydroxylation sites is 1. The van der Waals surface area contributed by atoms with E-state index in [1.807, 2.05) is 30.3 Å². The Balaban J connectivity index is 2.40. The first kappa shape index (κ1) is 10.7. The predicted molar refractivity (Wildman–Crippen MR) is 64.8 cm³/mol. The van der Waals surface area contributed by atoms with E-state index in [2.05, 4.69) is 10.9 Å². The van der Waals surface area contributed by atoms with Gasteiger partial charge in [-0.25, -0.2) is 0 Å². The quantitative estimate of drug-likeness (QED) is 0.792. The Morgan fingerprint density at radius 2 is 2.12 bits per heavy atom. The Kier molecular flexibility index (Phi) is 3.19. The minimum atomic E-state index is -0.533. The third-order valence-corrected chi connectivity index (χ3v) is 2.59. The molecule has 0 amide bonds. The maximum absolute atomic E-state index is 10.0. The van der Waals surface area contributed by atoms with Crippen molar-refractivity contribution in [1.82, 2.24) is 4.98 Å². The summed E-state index contributed by atoms with van der Waals surface area (Å²) in [5, 5.41) is 11.1. The summed E-state index contributed by atoms with van der Waals surface area (Å²) < 4.78 is 0. The third kappa shape index (κ3) is 2.05. The zero-order valence-corrected chi connectivity index (χ0v) is 8.93.